The number of carbonyl (C=O) groups is 2. The lowest BCUT2D eigenvalue weighted by Gasteiger charge is -2.31. The largest absolute Gasteiger partial charge is 0.446 e. The number of piperidine rings is 1. The number of ether oxygens (including phenoxy) is 1. The normalized spacial score (nSPS) is 14.8. The number of benzene rings is 2. The van der Waals surface area contributed by atoms with E-state index in [0.29, 0.717) is 6.42 Å². The van der Waals surface area contributed by atoms with E-state index in [1.807, 2.05) is 54.6 Å². The third-order valence-electron chi connectivity index (χ3n) is 6.10. The molecule has 0 bridgehead atoms. The molecule has 1 aliphatic rings. The smallest absolute Gasteiger partial charge is 0.411 e. The van der Waals surface area contributed by atoms with Crippen molar-refractivity contribution < 1.29 is 14.3 Å². The maximum atomic E-state index is 12.5. The van der Waals surface area contributed by atoms with Gasteiger partial charge in [-0.1, -0.05) is 74.2 Å². The molecule has 0 unspecified atom stereocenters. The van der Waals surface area contributed by atoms with Crippen LogP contribution in [0, 0.1) is 0 Å². The predicted octanol–water partition coefficient (Wildman–Crippen LogP) is 6.30. The zero-order chi connectivity index (χ0) is 22.4. The van der Waals surface area contributed by atoms with Gasteiger partial charge in [0.25, 0.3) is 0 Å². The number of nitrogens with zero attached hydrogens (tertiary/aromatic N) is 1. The van der Waals surface area contributed by atoms with Crippen LogP contribution >= 0.6 is 0 Å². The lowest BCUT2D eigenvalue weighted by Crippen LogP contribution is -2.38. The molecule has 172 valence electrons. The van der Waals surface area contributed by atoms with Crippen molar-refractivity contribution in [2.45, 2.75) is 63.9 Å². The second kappa shape index (κ2) is 13.7. The molecule has 1 aliphatic heterocycles. The third kappa shape index (κ3) is 8.12. The first-order valence-corrected chi connectivity index (χ1v) is 12.0. The number of unbranched alkanes of at least 4 members (excludes halogenated alkanes) is 6. The van der Waals surface area contributed by atoms with Gasteiger partial charge in [-0.25, -0.2) is 4.79 Å². The summed E-state index contributed by atoms with van der Waals surface area (Å²) in [7, 11) is 0. The van der Waals surface area contributed by atoms with Crippen LogP contribution in [0.1, 0.15) is 57.8 Å². The van der Waals surface area contributed by atoms with Gasteiger partial charge in [-0.05, 0) is 43.9 Å². The summed E-state index contributed by atoms with van der Waals surface area (Å²) in [4.78, 5) is 25.3. The van der Waals surface area contributed by atoms with Crippen LogP contribution in [0.15, 0.2) is 54.6 Å². The molecule has 2 aromatic rings. The predicted molar refractivity (Wildman–Crippen MR) is 130 cm³/mol. The second-order valence-corrected chi connectivity index (χ2v) is 8.56. The topological polar surface area (TPSA) is 58.6 Å². The number of rotatable bonds is 12. The summed E-state index contributed by atoms with van der Waals surface area (Å²) in [5, 5.41) is 2.94. The van der Waals surface area contributed by atoms with Gasteiger partial charge in [0.15, 0.2) is 0 Å². The van der Waals surface area contributed by atoms with E-state index < -0.39 is 0 Å². The lowest BCUT2D eigenvalue weighted by molar-refractivity contribution is -0.107. The van der Waals surface area contributed by atoms with E-state index in [1.54, 1.807) is 0 Å². The van der Waals surface area contributed by atoms with Crippen molar-refractivity contribution in [2.24, 2.45) is 0 Å². The number of nitrogens with one attached hydrogen (secondary N) is 1. The average molecular weight is 437 g/mol. The average Bonchev–Trinajstić information content (AvgIpc) is 2.83. The second-order valence-electron chi connectivity index (χ2n) is 8.56. The zero-order valence-electron chi connectivity index (χ0n) is 19.0. The number of carbonyl (C=O) groups excluding carboxylic acids is 2. The molecule has 1 heterocycles. The van der Waals surface area contributed by atoms with E-state index in [-0.39, 0.29) is 12.2 Å². The minimum atomic E-state index is -0.374. The standard InChI is InChI=1S/C27H36N2O3/c30-22-12-5-3-1-2-4-11-19-29-20-17-24(18-21-29)32-27(31)28-26-16-10-9-15-25(26)23-13-7-6-8-14-23/h6-10,13-16,22,24H,1-5,11-12,17-21H2,(H,28,31). The van der Waals surface area contributed by atoms with Gasteiger partial charge >= 0.3 is 6.09 Å². The molecule has 2 aromatic carbocycles. The van der Waals surface area contributed by atoms with Gasteiger partial charge in [-0.2, -0.15) is 0 Å². The molecule has 5 heteroatoms. The van der Waals surface area contributed by atoms with Crippen LogP contribution in [-0.4, -0.2) is 43.0 Å². The first-order chi connectivity index (χ1) is 15.8. The Morgan fingerprint density at radius 2 is 1.56 bits per heavy atom. The van der Waals surface area contributed by atoms with Crippen LogP contribution in [0.4, 0.5) is 10.5 Å². The minimum absolute atomic E-state index is 0.0204. The summed E-state index contributed by atoms with van der Waals surface area (Å²) in [5.41, 5.74) is 2.83. The molecule has 0 radical (unpaired) electrons. The summed E-state index contributed by atoms with van der Waals surface area (Å²) < 4.78 is 5.72. The van der Waals surface area contributed by atoms with Crippen molar-refractivity contribution in [3.8, 4) is 11.1 Å². The number of aldehydes is 1. The van der Waals surface area contributed by atoms with Gasteiger partial charge < -0.3 is 14.4 Å². The van der Waals surface area contributed by atoms with Crippen molar-refractivity contribution in [1.82, 2.24) is 4.90 Å². The molecule has 0 aromatic heterocycles. The Bertz CT molecular complexity index is 817. The Morgan fingerprint density at radius 1 is 0.906 bits per heavy atom. The van der Waals surface area contributed by atoms with Gasteiger partial charge in [-0.15, -0.1) is 0 Å². The van der Waals surface area contributed by atoms with E-state index in [9.17, 15) is 9.59 Å². The Balaban J connectivity index is 1.34. The van der Waals surface area contributed by atoms with Crippen molar-refractivity contribution in [2.75, 3.05) is 25.0 Å². The first-order valence-electron chi connectivity index (χ1n) is 12.0. The Kier molecular flexibility index (Phi) is 10.3. The van der Waals surface area contributed by atoms with Crippen LogP contribution in [0.2, 0.25) is 0 Å². The fourth-order valence-electron chi connectivity index (χ4n) is 4.27. The maximum Gasteiger partial charge on any atom is 0.411 e. The highest BCUT2D eigenvalue weighted by molar-refractivity contribution is 5.91. The fraction of sp³-hybridized carbons (Fsp3) is 0.481. The van der Waals surface area contributed by atoms with Gasteiger partial charge in [0, 0.05) is 25.1 Å². The number of hydrogen-bond donors (Lipinski definition) is 1. The van der Waals surface area contributed by atoms with Crippen LogP contribution in [-0.2, 0) is 9.53 Å². The Labute approximate surface area is 192 Å². The van der Waals surface area contributed by atoms with Gasteiger partial charge in [0.2, 0.25) is 0 Å². The molecule has 32 heavy (non-hydrogen) atoms. The number of para-hydroxylation sites is 1. The molecule has 0 saturated carbocycles. The lowest BCUT2D eigenvalue weighted by atomic mass is 10.0. The number of likely N-dealkylation sites (tertiary alicyclic amines) is 1. The SMILES string of the molecule is O=CCCCCCCCCN1CCC(OC(=O)Nc2ccccc2-c2ccccc2)CC1. The monoisotopic (exact) mass is 436 g/mol. The number of hydrogen-bond acceptors (Lipinski definition) is 4. The fourth-order valence-corrected chi connectivity index (χ4v) is 4.27. The van der Waals surface area contributed by atoms with E-state index in [1.165, 1.54) is 32.1 Å². The molecule has 1 amide bonds. The van der Waals surface area contributed by atoms with E-state index in [2.05, 4.69) is 10.2 Å². The molecule has 3 rings (SSSR count). The molecule has 0 atom stereocenters. The summed E-state index contributed by atoms with van der Waals surface area (Å²) in [6.07, 6.45) is 10.2. The van der Waals surface area contributed by atoms with Gasteiger partial charge in [0.05, 0.1) is 5.69 Å². The quantitative estimate of drug-likeness (QED) is 0.313. The third-order valence-corrected chi connectivity index (χ3v) is 6.10. The molecule has 1 fully saturated rings. The summed E-state index contributed by atoms with van der Waals surface area (Å²) in [5.74, 6) is 0. The first kappa shape index (κ1) is 24.0. The Hall–Kier alpha value is -2.66. The summed E-state index contributed by atoms with van der Waals surface area (Å²) in [6, 6.07) is 17.9. The molecule has 5 nitrogen and oxygen atoms in total. The van der Waals surface area contributed by atoms with Crippen LogP contribution in [0.25, 0.3) is 11.1 Å². The van der Waals surface area contributed by atoms with E-state index >= 15 is 0 Å². The van der Waals surface area contributed by atoms with Crippen molar-refractivity contribution in [3.63, 3.8) is 0 Å². The molecular formula is C27H36N2O3. The highest BCUT2D eigenvalue weighted by Crippen LogP contribution is 2.28. The van der Waals surface area contributed by atoms with Crippen LogP contribution in [0.5, 0.6) is 0 Å². The number of anilines is 1. The van der Waals surface area contributed by atoms with Crippen molar-refractivity contribution in [3.05, 3.63) is 54.6 Å². The molecule has 1 N–H and O–H groups in total. The minimum Gasteiger partial charge on any atom is -0.446 e. The van der Waals surface area contributed by atoms with Gasteiger partial charge in [0.1, 0.15) is 12.4 Å². The molecule has 0 spiro atoms. The van der Waals surface area contributed by atoms with Crippen LogP contribution < -0.4 is 5.32 Å². The maximum absolute atomic E-state index is 12.5. The van der Waals surface area contributed by atoms with E-state index in [0.717, 1.165) is 62.0 Å². The summed E-state index contributed by atoms with van der Waals surface area (Å²) in [6.45, 7) is 3.09. The van der Waals surface area contributed by atoms with Crippen molar-refractivity contribution >= 4 is 18.1 Å². The highest BCUT2D eigenvalue weighted by Gasteiger charge is 2.22. The van der Waals surface area contributed by atoms with Gasteiger partial charge in [-0.3, -0.25) is 5.32 Å². The van der Waals surface area contributed by atoms with E-state index in [4.69, 9.17) is 4.74 Å². The highest BCUT2D eigenvalue weighted by atomic mass is 16.6. The molecule has 0 aliphatic carbocycles. The number of amides is 1. The zero-order valence-corrected chi connectivity index (χ0v) is 19.0. The molecule has 1 saturated heterocycles. The summed E-state index contributed by atoms with van der Waals surface area (Å²) >= 11 is 0. The van der Waals surface area contributed by atoms with Crippen LogP contribution in [0.3, 0.4) is 0 Å². The molecular weight excluding hydrogens is 400 g/mol. The Morgan fingerprint density at radius 3 is 2.31 bits per heavy atom. The van der Waals surface area contributed by atoms with Crippen molar-refractivity contribution in [1.29, 1.82) is 0 Å².